The van der Waals surface area contributed by atoms with Crippen molar-refractivity contribution in [1.29, 1.82) is 0 Å². The number of nitrogens with zero attached hydrogens (tertiary/aromatic N) is 4. The highest BCUT2D eigenvalue weighted by atomic mass is 16.6. The van der Waals surface area contributed by atoms with Crippen molar-refractivity contribution >= 4 is 12.0 Å². The Bertz CT molecular complexity index is 968. The standard InChI is InChI=1S/C25H37N5O3/c1-24(2,3)33-23(32)30-12-10-25(11-13-30,18-26-22(31)17-28(4)5)21-9-7-8-19(14-21)20-15-27-29(6)16-20/h7-9,14-16H,10-13,17-18H2,1-6H3,(H,26,31). The van der Waals surface area contributed by atoms with Gasteiger partial charge in [0.2, 0.25) is 5.91 Å². The molecule has 3 rings (SSSR count). The first-order valence-electron chi connectivity index (χ1n) is 11.5. The number of likely N-dealkylation sites (tertiary alicyclic amines) is 1. The van der Waals surface area contributed by atoms with Gasteiger partial charge >= 0.3 is 6.09 Å². The monoisotopic (exact) mass is 455 g/mol. The molecule has 2 amide bonds. The van der Waals surface area contributed by atoms with Crippen LogP contribution in [-0.4, -0.2) is 77.5 Å². The number of hydrogen-bond donors (Lipinski definition) is 1. The third-order valence-electron chi connectivity index (χ3n) is 5.97. The summed E-state index contributed by atoms with van der Waals surface area (Å²) in [6.07, 6.45) is 5.05. The molecule has 1 N–H and O–H groups in total. The van der Waals surface area contributed by atoms with Crippen LogP contribution in [0.5, 0.6) is 0 Å². The van der Waals surface area contributed by atoms with E-state index in [1.165, 1.54) is 0 Å². The van der Waals surface area contributed by atoms with Crippen LogP contribution >= 0.6 is 0 Å². The third kappa shape index (κ3) is 6.57. The number of carbonyl (C=O) groups excluding carboxylic acids is 2. The van der Waals surface area contributed by atoms with Crippen LogP contribution in [0.2, 0.25) is 0 Å². The number of ether oxygens (including phenoxy) is 1. The summed E-state index contributed by atoms with van der Waals surface area (Å²) in [5.41, 5.74) is 2.52. The second kappa shape index (κ2) is 9.95. The van der Waals surface area contributed by atoms with Gasteiger partial charge in [0.1, 0.15) is 5.60 Å². The van der Waals surface area contributed by atoms with Crippen LogP contribution in [0.25, 0.3) is 11.1 Å². The van der Waals surface area contributed by atoms with Crippen LogP contribution in [0.1, 0.15) is 39.2 Å². The molecular weight excluding hydrogens is 418 g/mol. The van der Waals surface area contributed by atoms with Gasteiger partial charge in [-0.05, 0) is 58.8 Å². The van der Waals surface area contributed by atoms with E-state index in [4.69, 9.17) is 4.74 Å². The summed E-state index contributed by atoms with van der Waals surface area (Å²) in [5, 5.41) is 7.43. The van der Waals surface area contributed by atoms with Crippen LogP contribution in [0.15, 0.2) is 36.7 Å². The molecule has 0 atom stereocenters. The zero-order valence-corrected chi connectivity index (χ0v) is 20.7. The first kappa shape index (κ1) is 24.8. The third-order valence-corrected chi connectivity index (χ3v) is 5.97. The van der Waals surface area contributed by atoms with Gasteiger partial charge in [-0.1, -0.05) is 24.3 Å². The Labute approximate surface area is 196 Å². The van der Waals surface area contributed by atoms with Crippen molar-refractivity contribution in [2.75, 3.05) is 40.3 Å². The first-order chi connectivity index (χ1) is 15.5. The minimum atomic E-state index is -0.524. The van der Waals surface area contributed by atoms with Gasteiger partial charge in [-0.25, -0.2) is 4.79 Å². The molecule has 1 aromatic heterocycles. The summed E-state index contributed by atoms with van der Waals surface area (Å²) in [6, 6.07) is 8.45. The molecule has 2 heterocycles. The van der Waals surface area contributed by atoms with Gasteiger partial charge in [-0.15, -0.1) is 0 Å². The number of hydrogen-bond acceptors (Lipinski definition) is 5. The largest absolute Gasteiger partial charge is 0.444 e. The second-order valence-electron chi connectivity index (χ2n) is 10.2. The Balaban J connectivity index is 1.83. The number of likely N-dealkylation sites (N-methyl/N-ethyl adjacent to an activating group) is 1. The number of benzene rings is 1. The van der Waals surface area contributed by atoms with E-state index >= 15 is 0 Å². The van der Waals surface area contributed by atoms with E-state index in [0.717, 1.165) is 29.5 Å². The van der Waals surface area contributed by atoms with Crippen molar-refractivity contribution in [1.82, 2.24) is 24.9 Å². The summed E-state index contributed by atoms with van der Waals surface area (Å²) in [7, 11) is 5.67. The van der Waals surface area contributed by atoms with E-state index in [1.807, 2.05) is 59.2 Å². The Hall–Kier alpha value is -2.87. The Morgan fingerprint density at radius 1 is 1.18 bits per heavy atom. The average molecular weight is 456 g/mol. The SMILES string of the molecule is CN(C)CC(=O)NCC1(c2cccc(-c3cnn(C)c3)c2)CCN(C(=O)OC(C)(C)C)CC1. The Morgan fingerprint density at radius 3 is 2.45 bits per heavy atom. The summed E-state index contributed by atoms with van der Waals surface area (Å²) in [5.74, 6) is -0.00244. The summed E-state index contributed by atoms with van der Waals surface area (Å²) >= 11 is 0. The smallest absolute Gasteiger partial charge is 0.410 e. The fraction of sp³-hybridized carbons (Fsp3) is 0.560. The van der Waals surface area contributed by atoms with Gasteiger partial charge in [0.05, 0.1) is 12.7 Å². The maximum Gasteiger partial charge on any atom is 0.410 e. The lowest BCUT2D eigenvalue weighted by atomic mass is 9.72. The fourth-order valence-electron chi connectivity index (χ4n) is 4.22. The highest BCUT2D eigenvalue weighted by Gasteiger charge is 2.39. The maximum atomic E-state index is 12.6. The number of carbonyl (C=O) groups is 2. The molecule has 1 aliphatic rings. The minimum absolute atomic E-state index is 0.00244. The average Bonchev–Trinajstić information content (AvgIpc) is 3.17. The highest BCUT2D eigenvalue weighted by Crippen LogP contribution is 2.37. The molecule has 2 aromatic rings. The van der Waals surface area contributed by atoms with Crippen LogP contribution in [0, 0.1) is 0 Å². The number of aryl methyl sites for hydroxylation is 1. The Morgan fingerprint density at radius 2 is 1.88 bits per heavy atom. The molecule has 0 bridgehead atoms. The van der Waals surface area contributed by atoms with Gasteiger partial charge < -0.3 is 19.9 Å². The molecule has 0 spiro atoms. The predicted molar refractivity (Wildman–Crippen MR) is 129 cm³/mol. The van der Waals surface area contributed by atoms with E-state index in [9.17, 15) is 9.59 Å². The number of nitrogens with one attached hydrogen (secondary N) is 1. The van der Waals surface area contributed by atoms with Crippen molar-refractivity contribution < 1.29 is 14.3 Å². The molecule has 33 heavy (non-hydrogen) atoms. The van der Waals surface area contributed by atoms with Gasteiger partial charge in [-0.2, -0.15) is 5.10 Å². The predicted octanol–water partition coefficient (Wildman–Crippen LogP) is 3.03. The molecule has 0 saturated carbocycles. The van der Waals surface area contributed by atoms with Crippen molar-refractivity contribution in [3.63, 3.8) is 0 Å². The zero-order valence-electron chi connectivity index (χ0n) is 20.7. The minimum Gasteiger partial charge on any atom is -0.444 e. The molecule has 8 heteroatoms. The van der Waals surface area contributed by atoms with Gasteiger partial charge in [0.25, 0.3) is 0 Å². The zero-order chi connectivity index (χ0) is 24.2. The molecule has 1 fully saturated rings. The van der Waals surface area contributed by atoms with Crippen molar-refractivity contribution in [3.8, 4) is 11.1 Å². The van der Waals surface area contributed by atoms with Crippen LogP contribution in [0.4, 0.5) is 4.79 Å². The summed E-state index contributed by atoms with van der Waals surface area (Å²) in [4.78, 5) is 28.7. The molecule has 0 radical (unpaired) electrons. The second-order valence-corrected chi connectivity index (χ2v) is 10.2. The van der Waals surface area contributed by atoms with E-state index in [2.05, 4.69) is 34.7 Å². The number of amides is 2. The van der Waals surface area contributed by atoms with Crippen LogP contribution < -0.4 is 5.32 Å². The van der Waals surface area contributed by atoms with E-state index in [-0.39, 0.29) is 17.4 Å². The summed E-state index contributed by atoms with van der Waals surface area (Å²) < 4.78 is 7.36. The van der Waals surface area contributed by atoms with Gasteiger partial charge in [0, 0.05) is 43.9 Å². The molecule has 1 saturated heterocycles. The molecule has 180 valence electrons. The Kier molecular flexibility index (Phi) is 7.47. The lowest BCUT2D eigenvalue weighted by Crippen LogP contribution is -2.51. The van der Waals surface area contributed by atoms with Crippen molar-refractivity contribution in [3.05, 3.63) is 42.2 Å². The maximum absolute atomic E-state index is 12.6. The van der Waals surface area contributed by atoms with Crippen molar-refractivity contribution in [2.45, 2.75) is 44.6 Å². The van der Waals surface area contributed by atoms with E-state index < -0.39 is 5.60 Å². The van der Waals surface area contributed by atoms with Crippen molar-refractivity contribution in [2.24, 2.45) is 7.05 Å². The highest BCUT2D eigenvalue weighted by molar-refractivity contribution is 5.78. The van der Waals surface area contributed by atoms with Gasteiger partial charge in [-0.3, -0.25) is 9.48 Å². The number of rotatable bonds is 6. The van der Waals surface area contributed by atoms with Crippen LogP contribution in [-0.2, 0) is 22.0 Å². The normalized spacial score (nSPS) is 16.0. The van der Waals surface area contributed by atoms with E-state index in [1.54, 1.807) is 9.58 Å². The lowest BCUT2D eigenvalue weighted by molar-refractivity contribution is -0.122. The molecular formula is C25H37N5O3. The number of aromatic nitrogens is 2. The molecule has 1 aliphatic heterocycles. The van der Waals surface area contributed by atoms with E-state index in [0.29, 0.717) is 26.2 Å². The molecule has 1 aromatic carbocycles. The quantitative estimate of drug-likeness (QED) is 0.724. The van der Waals surface area contributed by atoms with Gasteiger partial charge in [0.15, 0.2) is 0 Å². The fourth-order valence-corrected chi connectivity index (χ4v) is 4.22. The molecule has 0 unspecified atom stereocenters. The van der Waals surface area contributed by atoms with Crippen LogP contribution in [0.3, 0.4) is 0 Å². The molecule has 0 aliphatic carbocycles. The topological polar surface area (TPSA) is 79.7 Å². The molecule has 8 nitrogen and oxygen atoms in total. The number of piperidine rings is 1. The summed E-state index contributed by atoms with van der Waals surface area (Å²) in [6.45, 7) is 7.66. The first-order valence-corrected chi connectivity index (χ1v) is 11.5. The lowest BCUT2D eigenvalue weighted by Gasteiger charge is -2.42.